The van der Waals surface area contributed by atoms with E-state index in [1.54, 1.807) is 41.3 Å². The average Bonchev–Trinajstić information content (AvgIpc) is 3.22. The molecule has 0 radical (unpaired) electrons. The maximum absolute atomic E-state index is 13.1. The third kappa shape index (κ3) is 3.61. The van der Waals surface area contributed by atoms with Crippen LogP contribution in [0.5, 0.6) is 0 Å². The minimum atomic E-state index is -0.411. The molecule has 0 aromatic heterocycles. The molecule has 0 bridgehead atoms. The lowest BCUT2D eigenvalue weighted by Crippen LogP contribution is -2.50. The molecule has 2 aromatic carbocycles. The SMILES string of the molecule is O=C1c2ccccc2NC(/C=C/c2ccccc2[N+](=O)[O-])N1CC1CCCO1. The van der Waals surface area contributed by atoms with E-state index in [4.69, 9.17) is 4.74 Å². The van der Waals surface area contributed by atoms with Gasteiger partial charge in [-0.05, 0) is 43.2 Å². The van der Waals surface area contributed by atoms with E-state index in [1.165, 1.54) is 6.07 Å². The Hall–Kier alpha value is -3.19. The van der Waals surface area contributed by atoms with Crippen LogP contribution in [-0.2, 0) is 4.74 Å². The highest BCUT2D eigenvalue weighted by molar-refractivity contribution is 6.02. The molecule has 2 atom stereocenters. The van der Waals surface area contributed by atoms with Gasteiger partial charge in [-0.1, -0.05) is 24.3 Å². The second-order valence-electron chi connectivity index (χ2n) is 6.90. The molecule has 0 spiro atoms. The van der Waals surface area contributed by atoms with E-state index in [-0.39, 0.29) is 17.7 Å². The van der Waals surface area contributed by atoms with Crippen molar-refractivity contribution in [3.8, 4) is 0 Å². The molecule has 28 heavy (non-hydrogen) atoms. The monoisotopic (exact) mass is 379 g/mol. The number of para-hydroxylation sites is 2. The van der Waals surface area contributed by atoms with Crippen LogP contribution in [0.3, 0.4) is 0 Å². The predicted molar refractivity (Wildman–Crippen MR) is 106 cm³/mol. The summed E-state index contributed by atoms with van der Waals surface area (Å²) >= 11 is 0. The first-order valence-corrected chi connectivity index (χ1v) is 9.33. The Balaban J connectivity index is 1.64. The highest BCUT2D eigenvalue weighted by Gasteiger charge is 2.33. The van der Waals surface area contributed by atoms with Gasteiger partial charge in [-0.2, -0.15) is 0 Å². The summed E-state index contributed by atoms with van der Waals surface area (Å²) in [4.78, 5) is 25.7. The van der Waals surface area contributed by atoms with Crippen molar-refractivity contribution in [2.45, 2.75) is 25.1 Å². The Labute approximate surface area is 162 Å². The molecule has 0 aliphatic carbocycles. The van der Waals surface area contributed by atoms with Gasteiger partial charge in [-0.15, -0.1) is 0 Å². The molecule has 1 fully saturated rings. The predicted octanol–water partition coefficient (Wildman–Crippen LogP) is 3.68. The molecule has 1 amide bonds. The van der Waals surface area contributed by atoms with Gasteiger partial charge >= 0.3 is 0 Å². The first kappa shape index (κ1) is 18.2. The van der Waals surface area contributed by atoms with Crippen LogP contribution in [0, 0.1) is 10.1 Å². The first-order valence-electron chi connectivity index (χ1n) is 9.33. The zero-order chi connectivity index (χ0) is 19.5. The van der Waals surface area contributed by atoms with E-state index < -0.39 is 11.1 Å². The minimum Gasteiger partial charge on any atom is -0.376 e. The maximum Gasteiger partial charge on any atom is 0.276 e. The molecule has 2 aliphatic heterocycles. The number of carbonyl (C=O) groups excluding carboxylic acids is 1. The smallest absolute Gasteiger partial charge is 0.276 e. The number of rotatable bonds is 5. The van der Waals surface area contributed by atoms with Gasteiger partial charge in [0.2, 0.25) is 0 Å². The van der Waals surface area contributed by atoms with Gasteiger partial charge < -0.3 is 15.0 Å². The number of anilines is 1. The van der Waals surface area contributed by atoms with Crippen molar-refractivity contribution in [1.29, 1.82) is 0 Å². The Morgan fingerprint density at radius 1 is 1.21 bits per heavy atom. The van der Waals surface area contributed by atoms with Gasteiger partial charge in [-0.25, -0.2) is 0 Å². The minimum absolute atomic E-state index is 0.0120. The summed E-state index contributed by atoms with van der Waals surface area (Å²) in [6.45, 7) is 1.19. The molecule has 2 unspecified atom stereocenters. The van der Waals surface area contributed by atoms with Crippen molar-refractivity contribution in [2.75, 3.05) is 18.5 Å². The summed E-state index contributed by atoms with van der Waals surface area (Å²) < 4.78 is 5.72. The van der Waals surface area contributed by atoms with Crippen molar-refractivity contribution in [3.05, 3.63) is 75.8 Å². The number of benzene rings is 2. The third-order valence-electron chi connectivity index (χ3n) is 5.07. The van der Waals surface area contributed by atoms with E-state index >= 15 is 0 Å². The topological polar surface area (TPSA) is 84.7 Å². The van der Waals surface area contributed by atoms with Gasteiger partial charge in [0, 0.05) is 24.9 Å². The standard InChI is InChI=1S/C21H21N3O4/c25-21-17-8-2-3-9-18(17)22-20(23(21)14-16-7-5-13-28-16)12-11-15-6-1-4-10-19(15)24(26)27/h1-4,6,8-12,16,20,22H,5,7,13-14H2/b12-11+. The van der Waals surface area contributed by atoms with Crippen LogP contribution in [-0.4, -0.2) is 41.2 Å². The molecular formula is C21H21N3O4. The van der Waals surface area contributed by atoms with Gasteiger partial charge in [0.25, 0.3) is 11.6 Å². The molecule has 1 saturated heterocycles. The van der Waals surface area contributed by atoms with Crippen LogP contribution in [0.15, 0.2) is 54.6 Å². The Bertz CT molecular complexity index is 921. The van der Waals surface area contributed by atoms with Gasteiger partial charge in [0.1, 0.15) is 6.17 Å². The lowest BCUT2D eigenvalue weighted by molar-refractivity contribution is -0.385. The summed E-state index contributed by atoms with van der Waals surface area (Å²) in [6, 6.07) is 13.9. The van der Waals surface area contributed by atoms with Crippen molar-refractivity contribution in [1.82, 2.24) is 4.90 Å². The molecule has 0 saturated carbocycles. The quantitative estimate of drug-likeness (QED) is 0.633. The number of nitrogens with one attached hydrogen (secondary N) is 1. The molecule has 1 N–H and O–H groups in total. The first-order chi connectivity index (χ1) is 13.6. The molecule has 7 heteroatoms. The number of nitrogens with zero attached hydrogens (tertiary/aromatic N) is 2. The number of hydrogen-bond acceptors (Lipinski definition) is 5. The highest BCUT2D eigenvalue weighted by atomic mass is 16.6. The van der Waals surface area contributed by atoms with E-state index in [0.29, 0.717) is 24.3 Å². The number of nitro benzene ring substituents is 1. The fourth-order valence-electron chi connectivity index (χ4n) is 3.66. The fraction of sp³-hybridized carbons (Fsp3) is 0.286. The molecule has 4 rings (SSSR count). The van der Waals surface area contributed by atoms with Crippen molar-refractivity contribution >= 4 is 23.4 Å². The second kappa shape index (κ2) is 7.82. The maximum atomic E-state index is 13.1. The Morgan fingerprint density at radius 3 is 2.79 bits per heavy atom. The van der Waals surface area contributed by atoms with Gasteiger partial charge in [-0.3, -0.25) is 14.9 Å². The summed E-state index contributed by atoms with van der Waals surface area (Å²) in [6.07, 6.45) is 5.01. The van der Waals surface area contributed by atoms with Gasteiger partial charge in [0.15, 0.2) is 0 Å². The lowest BCUT2D eigenvalue weighted by atomic mass is 10.1. The van der Waals surface area contributed by atoms with E-state index in [0.717, 1.165) is 18.5 Å². The Kier molecular flexibility index (Phi) is 5.08. The number of nitro groups is 1. The van der Waals surface area contributed by atoms with Crippen LogP contribution in [0.2, 0.25) is 0 Å². The summed E-state index contributed by atoms with van der Waals surface area (Å²) in [5, 5.41) is 14.6. The molecule has 7 nitrogen and oxygen atoms in total. The van der Waals surface area contributed by atoms with Gasteiger partial charge in [0.05, 0.1) is 22.2 Å². The summed E-state index contributed by atoms with van der Waals surface area (Å²) in [7, 11) is 0. The van der Waals surface area contributed by atoms with E-state index in [1.807, 2.05) is 18.2 Å². The molecule has 2 aliphatic rings. The number of hydrogen-bond donors (Lipinski definition) is 1. The van der Waals surface area contributed by atoms with E-state index in [9.17, 15) is 14.9 Å². The van der Waals surface area contributed by atoms with Crippen LogP contribution >= 0.6 is 0 Å². The highest BCUT2D eigenvalue weighted by Crippen LogP contribution is 2.28. The van der Waals surface area contributed by atoms with Crippen molar-refractivity contribution < 1.29 is 14.5 Å². The number of amides is 1. The van der Waals surface area contributed by atoms with Crippen LogP contribution in [0.4, 0.5) is 11.4 Å². The van der Waals surface area contributed by atoms with Crippen LogP contribution in [0.25, 0.3) is 6.08 Å². The van der Waals surface area contributed by atoms with E-state index in [2.05, 4.69) is 5.32 Å². The second-order valence-corrected chi connectivity index (χ2v) is 6.90. The third-order valence-corrected chi connectivity index (χ3v) is 5.07. The lowest BCUT2D eigenvalue weighted by Gasteiger charge is -2.37. The average molecular weight is 379 g/mol. The van der Waals surface area contributed by atoms with Crippen molar-refractivity contribution in [2.24, 2.45) is 0 Å². The Morgan fingerprint density at radius 2 is 2.00 bits per heavy atom. The van der Waals surface area contributed by atoms with Crippen molar-refractivity contribution in [3.63, 3.8) is 0 Å². The number of fused-ring (bicyclic) bond motifs is 1. The molecule has 2 heterocycles. The number of carbonyl (C=O) groups is 1. The normalized spacial score (nSPS) is 21.6. The molecular weight excluding hydrogens is 358 g/mol. The number of ether oxygens (including phenoxy) is 1. The zero-order valence-corrected chi connectivity index (χ0v) is 15.3. The summed E-state index contributed by atoms with van der Waals surface area (Å²) in [5.41, 5.74) is 1.91. The largest absolute Gasteiger partial charge is 0.376 e. The summed E-state index contributed by atoms with van der Waals surface area (Å²) in [5.74, 6) is -0.0675. The van der Waals surface area contributed by atoms with Crippen LogP contribution in [0.1, 0.15) is 28.8 Å². The fourth-order valence-corrected chi connectivity index (χ4v) is 3.66. The van der Waals surface area contributed by atoms with Crippen LogP contribution < -0.4 is 5.32 Å². The molecule has 2 aromatic rings. The zero-order valence-electron chi connectivity index (χ0n) is 15.3. The molecule has 144 valence electrons.